The second kappa shape index (κ2) is 11.5. The highest BCUT2D eigenvalue weighted by Gasteiger charge is 2.53. The molecule has 0 heterocycles. The molecule has 0 radical (unpaired) electrons. The molecule has 6 aromatic carbocycles. The quantitative estimate of drug-likeness (QED) is 0.166. The van der Waals surface area contributed by atoms with Gasteiger partial charge in [0.25, 0.3) is 0 Å². The molecule has 4 aliphatic carbocycles. The predicted octanol–water partition coefficient (Wildman–Crippen LogP) is 8.21. The largest absolute Gasteiger partial charge is 0.0622 e. The van der Waals surface area contributed by atoms with Crippen molar-refractivity contribution in [2.24, 2.45) is 11.8 Å². The summed E-state index contributed by atoms with van der Waals surface area (Å²) in [5.41, 5.74) is 6.57. The Balaban J connectivity index is 1.31. The van der Waals surface area contributed by atoms with Crippen LogP contribution in [0.5, 0.6) is 0 Å². The summed E-state index contributed by atoms with van der Waals surface area (Å²) >= 11 is 0. The Morgan fingerprint density at radius 2 is 0.711 bits per heavy atom. The molecule has 2 unspecified atom stereocenters. The summed E-state index contributed by atoms with van der Waals surface area (Å²) in [7, 11) is -1.37. The van der Waals surface area contributed by atoms with Gasteiger partial charge in [-0.2, -0.15) is 0 Å². The van der Waals surface area contributed by atoms with Crippen LogP contribution in [0.3, 0.4) is 0 Å². The van der Waals surface area contributed by atoms with Crippen LogP contribution in [0, 0.1) is 11.8 Å². The van der Waals surface area contributed by atoms with Crippen LogP contribution >= 0.6 is 15.8 Å². The fourth-order valence-corrected chi connectivity index (χ4v) is 14.0. The van der Waals surface area contributed by atoms with E-state index in [4.69, 9.17) is 0 Å². The molecule has 0 N–H and O–H groups in total. The SMILES string of the molecule is c1ccc(P(c2ccccc2)c2cccc3c2C2c4c(cccc4P(c4ccccc4)c4ccccc4)C3C3CCCC23)cc1. The zero-order valence-electron chi connectivity index (χ0n) is 25.3. The van der Waals surface area contributed by atoms with E-state index in [-0.39, 0.29) is 0 Å². The Morgan fingerprint density at radius 1 is 0.356 bits per heavy atom. The van der Waals surface area contributed by atoms with Gasteiger partial charge in [-0.25, -0.2) is 0 Å². The van der Waals surface area contributed by atoms with Gasteiger partial charge in [0.15, 0.2) is 0 Å². The lowest BCUT2D eigenvalue weighted by molar-refractivity contribution is 0.273. The average molecular weight is 615 g/mol. The van der Waals surface area contributed by atoms with Crippen LogP contribution in [-0.2, 0) is 0 Å². The summed E-state index contributed by atoms with van der Waals surface area (Å²) < 4.78 is 0. The predicted molar refractivity (Wildman–Crippen MR) is 195 cm³/mol. The van der Waals surface area contributed by atoms with Crippen molar-refractivity contribution in [2.75, 3.05) is 0 Å². The minimum absolute atomic E-state index is 0.440. The molecule has 6 aromatic rings. The van der Waals surface area contributed by atoms with Crippen LogP contribution in [-0.4, -0.2) is 0 Å². The van der Waals surface area contributed by atoms with Gasteiger partial charge in [-0.15, -0.1) is 0 Å². The van der Waals surface area contributed by atoms with Crippen LogP contribution in [0.2, 0.25) is 0 Å². The topological polar surface area (TPSA) is 0 Å². The van der Waals surface area contributed by atoms with E-state index in [1.165, 1.54) is 40.5 Å². The third kappa shape index (κ3) is 4.49. The van der Waals surface area contributed by atoms with E-state index in [0.717, 1.165) is 5.92 Å². The lowest BCUT2D eigenvalue weighted by Gasteiger charge is -2.51. The Bertz CT molecular complexity index is 1740. The van der Waals surface area contributed by atoms with Crippen molar-refractivity contribution >= 4 is 47.7 Å². The summed E-state index contributed by atoms with van der Waals surface area (Å²) in [6.07, 6.45) is 4.06. The molecule has 45 heavy (non-hydrogen) atoms. The van der Waals surface area contributed by atoms with Gasteiger partial charge in [0, 0.05) is 11.8 Å². The van der Waals surface area contributed by atoms with E-state index < -0.39 is 15.8 Å². The van der Waals surface area contributed by atoms with Crippen molar-refractivity contribution in [1.82, 2.24) is 0 Å². The third-order valence-corrected chi connectivity index (χ3v) is 15.5. The van der Waals surface area contributed by atoms with Crippen LogP contribution in [0.15, 0.2) is 158 Å². The molecule has 0 aliphatic heterocycles. The molecule has 10 rings (SSSR count). The van der Waals surface area contributed by atoms with Crippen molar-refractivity contribution in [3.63, 3.8) is 0 Å². The van der Waals surface area contributed by atoms with Crippen LogP contribution in [0.4, 0.5) is 0 Å². The second-order valence-electron chi connectivity index (χ2n) is 12.8. The summed E-state index contributed by atoms with van der Waals surface area (Å²) in [6, 6.07) is 60.1. The van der Waals surface area contributed by atoms with E-state index in [1.54, 1.807) is 32.9 Å². The highest BCUT2D eigenvalue weighted by Crippen LogP contribution is 2.64. The van der Waals surface area contributed by atoms with Crippen molar-refractivity contribution < 1.29 is 0 Å². The van der Waals surface area contributed by atoms with E-state index >= 15 is 0 Å². The van der Waals surface area contributed by atoms with Gasteiger partial charge >= 0.3 is 0 Å². The Hall–Kier alpha value is -3.82. The maximum atomic E-state index is 2.50. The fourth-order valence-electron chi connectivity index (χ4n) is 8.96. The number of hydrogen-bond donors (Lipinski definition) is 0. The second-order valence-corrected chi connectivity index (χ2v) is 17.2. The summed E-state index contributed by atoms with van der Waals surface area (Å²) in [5, 5.41) is 8.93. The number of hydrogen-bond acceptors (Lipinski definition) is 0. The number of benzene rings is 6. The first-order valence-corrected chi connectivity index (χ1v) is 19.1. The minimum atomic E-state index is -0.687. The molecule has 2 heteroatoms. The molecule has 2 atom stereocenters. The molecule has 0 amide bonds. The Morgan fingerprint density at radius 3 is 1.09 bits per heavy atom. The first-order valence-electron chi connectivity index (χ1n) is 16.4. The average Bonchev–Trinajstić information content (AvgIpc) is 3.61. The molecular weight excluding hydrogens is 578 g/mol. The number of rotatable bonds is 6. The van der Waals surface area contributed by atoms with Crippen molar-refractivity contribution in [3.05, 3.63) is 180 Å². The molecule has 0 spiro atoms. The van der Waals surface area contributed by atoms with Gasteiger partial charge in [0.1, 0.15) is 0 Å². The zero-order valence-corrected chi connectivity index (χ0v) is 27.1. The van der Waals surface area contributed by atoms with Gasteiger partial charge in [-0.3, -0.25) is 0 Å². The van der Waals surface area contributed by atoms with Crippen LogP contribution < -0.4 is 31.8 Å². The molecule has 4 aliphatic rings. The molecule has 0 aromatic heterocycles. The molecule has 1 fully saturated rings. The minimum Gasteiger partial charge on any atom is -0.0622 e. The first-order chi connectivity index (χ1) is 22.4. The molecular formula is C43H36P2. The third-order valence-electron chi connectivity index (χ3n) is 10.5. The lowest BCUT2D eigenvalue weighted by Crippen LogP contribution is -2.43. The van der Waals surface area contributed by atoms with Crippen LogP contribution in [0.1, 0.15) is 53.4 Å². The van der Waals surface area contributed by atoms with E-state index in [0.29, 0.717) is 17.8 Å². The standard InChI is InChI=1S/C43H36P2/c1-5-16-30(17-6-1)44(31-18-7-2-8-19-31)38-28-14-26-36-40-34-24-13-25-35(34)43(41(36)38)42-37(40)27-15-29-39(42)45(32-20-9-3-10-21-32)33-22-11-4-12-23-33/h1-12,14-23,26-29,34-35,40,43H,13,24-25H2. The highest BCUT2D eigenvalue weighted by atomic mass is 31.1. The van der Waals surface area contributed by atoms with Crippen molar-refractivity contribution in [2.45, 2.75) is 31.1 Å². The Labute approximate surface area is 269 Å². The molecule has 2 bridgehead atoms. The van der Waals surface area contributed by atoms with E-state index in [2.05, 4.69) is 158 Å². The van der Waals surface area contributed by atoms with Gasteiger partial charge in [-0.05, 0) is 94.6 Å². The first kappa shape index (κ1) is 27.5. The summed E-state index contributed by atoms with van der Waals surface area (Å²) in [6.45, 7) is 0. The highest BCUT2D eigenvalue weighted by molar-refractivity contribution is 7.80. The van der Waals surface area contributed by atoms with E-state index in [9.17, 15) is 0 Å². The van der Waals surface area contributed by atoms with Gasteiger partial charge < -0.3 is 0 Å². The molecule has 0 nitrogen and oxygen atoms in total. The monoisotopic (exact) mass is 614 g/mol. The molecule has 0 saturated heterocycles. The fraction of sp³-hybridized carbons (Fsp3) is 0.163. The van der Waals surface area contributed by atoms with E-state index in [1.807, 2.05) is 0 Å². The van der Waals surface area contributed by atoms with Gasteiger partial charge in [0.2, 0.25) is 0 Å². The summed E-state index contributed by atoms with van der Waals surface area (Å²) in [5.74, 6) is 2.39. The van der Waals surface area contributed by atoms with Crippen molar-refractivity contribution in [1.29, 1.82) is 0 Å². The van der Waals surface area contributed by atoms with Crippen molar-refractivity contribution in [3.8, 4) is 0 Å². The lowest BCUT2D eigenvalue weighted by atomic mass is 9.55. The molecule has 1 saturated carbocycles. The zero-order chi connectivity index (χ0) is 29.7. The van der Waals surface area contributed by atoms with Crippen LogP contribution in [0.25, 0.3) is 0 Å². The maximum absolute atomic E-state index is 2.50. The maximum Gasteiger partial charge on any atom is 0.0140 e. The summed E-state index contributed by atoms with van der Waals surface area (Å²) in [4.78, 5) is 0. The normalized spacial score (nSPS) is 21.0. The smallest absolute Gasteiger partial charge is 0.0140 e. The van der Waals surface area contributed by atoms with Gasteiger partial charge in [-0.1, -0.05) is 164 Å². The molecule has 218 valence electrons. The Kier molecular flexibility index (Phi) is 7.04. The van der Waals surface area contributed by atoms with Gasteiger partial charge in [0.05, 0.1) is 0 Å².